The molecule has 1 atom stereocenters. The van der Waals surface area contributed by atoms with E-state index >= 15 is 0 Å². The van der Waals surface area contributed by atoms with E-state index in [0.717, 1.165) is 16.1 Å². The minimum atomic E-state index is -0.269. The lowest BCUT2D eigenvalue weighted by molar-refractivity contribution is 0.553. The number of halogens is 2. The number of hydrogen-bond acceptors (Lipinski definition) is 5. The van der Waals surface area contributed by atoms with E-state index < -0.39 is 0 Å². The second-order valence-corrected chi connectivity index (χ2v) is 5.63. The molecule has 0 amide bonds. The molecule has 0 saturated heterocycles. The van der Waals surface area contributed by atoms with Crippen molar-refractivity contribution in [2.75, 3.05) is 0 Å². The Hall–Kier alpha value is -0.890. The van der Waals surface area contributed by atoms with Gasteiger partial charge in [0.15, 0.2) is 0 Å². The largest absolute Gasteiger partial charge is 0.271 e. The van der Waals surface area contributed by atoms with Crippen molar-refractivity contribution in [1.29, 1.82) is 0 Å². The highest BCUT2D eigenvalue weighted by molar-refractivity contribution is 9.10. The van der Waals surface area contributed by atoms with Gasteiger partial charge in [-0.3, -0.25) is 11.3 Å². The molecule has 0 aliphatic rings. The monoisotopic (exact) mass is 330 g/mol. The van der Waals surface area contributed by atoms with Crippen LogP contribution in [0.5, 0.6) is 0 Å². The number of nitrogens with zero attached hydrogens (tertiary/aromatic N) is 2. The predicted molar refractivity (Wildman–Crippen MR) is 72.5 cm³/mol. The number of rotatable bonds is 4. The predicted octanol–water partition coefficient (Wildman–Crippen LogP) is 2.50. The van der Waals surface area contributed by atoms with Crippen LogP contribution >= 0.6 is 27.5 Å². The first kappa shape index (κ1) is 13.5. The zero-order valence-corrected chi connectivity index (χ0v) is 12.1. The van der Waals surface area contributed by atoms with Gasteiger partial charge in [-0.25, -0.2) is 4.39 Å². The lowest BCUT2D eigenvalue weighted by atomic mass is 10.0. The quantitative estimate of drug-likeness (QED) is 0.667. The van der Waals surface area contributed by atoms with Crippen molar-refractivity contribution in [1.82, 2.24) is 15.0 Å². The Labute approximate surface area is 117 Å². The third kappa shape index (κ3) is 3.11. The normalized spacial score (nSPS) is 12.7. The summed E-state index contributed by atoms with van der Waals surface area (Å²) in [7, 11) is 0. The number of nitrogens with two attached hydrogens (primary N) is 1. The van der Waals surface area contributed by atoms with Crippen LogP contribution in [0.25, 0.3) is 0 Å². The van der Waals surface area contributed by atoms with Crippen LogP contribution < -0.4 is 11.3 Å². The van der Waals surface area contributed by atoms with E-state index in [9.17, 15) is 4.39 Å². The van der Waals surface area contributed by atoms with Crippen molar-refractivity contribution < 1.29 is 4.39 Å². The Kier molecular flexibility index (Phi) is 4.39. The fourth-order valence-electron chi connectivity index (χ4n) is 1.75. The first-order valence-electron chi connectivity index (χ1n) is 5.30. The van der Waals surface area contributed by atoms with E-state index in [2.05, 4.69) is 30.9 Å². The fraction of sp³-hybridized carbons (Fsp3) is 0.273. The standard InChI is InChI=1S/C11H12BrFN4S/c1-6-11(18-17-16-6)10(15-14)4-7-2-8(12)5-9(13)3-7/h2-3,5,10,15H,4,14H2,1H3. The minimum absolute atomic E-state index is 0.112. The maximum atomic E-state index is 13.3. The molecule has 3 N–H and O–H groups in total. The smallest absolute Gasteiger partial charge is 0.124 e. The number of hydrazine groups is 1. The van der Waals surface area contributed by atoms with Crippen LogP contribution in [-0.4, -0.2) is 9.59 Å². The highest BCUT2D eigenvalue weighted by atomic mass is 79.9. The molecule has 0 aliphatic heterocycles. The fourth-order valence-corrected chi connectivity index (χ4v) is 2.96. The van der Waals surface area contributed by atoms with Crippen LogP contribution in [0, 0.1) is 12.7 Å². The van der Waals surface area contributed by atoms with Gasteiger partial charge in [0.25, 0.3) is 0 Å². The molecule has 1 aromatic carbocycles. The summed E-state index contributed by atoms with van der Waals surface area (Å²) in [6.45, 7) is 1.88. The van der Waals surface area contributed by atoms with Crippen LogP contribution in [0.3, 0.4) is 0 Å². The number of aromatic nitrogens is 2. The molecule has 0 bridgehead atoms. The molecule has 0 saturated carbocycles. The van der Waals surface area contributed by atoms with Crippen LogP contribution in [0.2, 0.25) is 0 Å². The van der Waals surface area contributed by atoms with Crippen molar-refractivity contribution in [3.05, 3.63) is 44.6 Å². The van der Waals surface area contributed by atoms with Crippen molar-refractivity contribution in [2.45, 2.75) is 19.4 Å². The third-order valence-corrected chi connectivity index (χ3v) is 3.96. The Morgan fingerprint density at radius 1 is 1.50 bits per heavy atom. The van der Waals surface area contributed by atoms with E-state index in [1.807, 2.05) is 13.0 Å². The molecule has 7 heteroatoms. The molecule has 0 spiro atoms. The summed E-state index contributed by atoms with van der Waals surface area (Å²) in [6.07, 6.45) is 0.581. The maximum Gasteiger partial charge on any atom is 0.124 e. The SMILES string of the molecule is Cc1nnsc1C(Cc1cc(F)cc(Br)c1)NN. The first-order chi connectivity index (χ1) is 8.60. The Morgan fingerprint density at radius 2 is 2.28 bits per heavy atom. The molecular formula is C11H12BrFN4S. The summed E-state index contributed by atoms with van der Waals surface area (Å²) in [6, 6.07) is 4.68. The minimum Gasteiger partial charge on any atom is -0.271 e. The van der Waals surface area contributed by atoms with Crippen molar-refractivity contribution in [2.24, 2.45) is 5.84 Å². The van der Waals surface area contributed by atoms with Gasteiger partial charge in [0.1, 0.15) is 5.82 Å². The van der Waals surface area contributed by atoms with Gasteiger partial charge >= 0.3 is 0 Å². The summed E-state index contributed by atoms with van der Waals surface area (Å²) < 4.78 is 17.9. The van der Waals surface area contributed by atoms with Gasteiger partial charge in [0.05, 0.1) is 16.6 Å². The molecule has 1 heterocycles. The van der Waals surface area contributed by atoms with Gasteiger partial charge in [-0.1, -0.05) is 20.4 Å². The Bertz CT molecular complexity index is 525. The van der Waals surface area contributed by atoms with Gasteiger partial charge in [-0.15, -0.1) is 5.10 Å². The highest BCUT2D eigenvalue weighted by Crippen LogP contribution is 2.24. The molecule has 4 nitrogen and oxygen atoms in total. The van der Waals surface area contributed by atoms with Crippen LogP contribution in [-0.2, 0) is 6.42 Å². The molecule has 0 fully saturated rings. The lowest BCUT2D eigenvalue weighted by Crippen LogP contribution is -2.29. The van der Waals surface area contributed by atoms with E-state index in [0.29, 0.717) is 10.9 Å². The van der Waals surface area contributed by atoms with Crippen LogP contribution in [0.1, 0.15) is 22.2 Å². The summed E-state index contributed by atoms with van der Waals surface area (Å²) >= 11 is 4.58. The average molecular weight is 331 g/mol. The number of aryl methyl sites for hydroxylation is 1. The molecule has 0 aliphatic carbocycles. The molecule has 1 aromatic heterocycles. The van der Waals surface area contributed by atoms with E-state index in [1.165, 1.54) is 23.7 Å². The molecule has 1 unspecified atom stereocenters. The molecule has 0 radical (unpaired) electrons. The Morgan fingerprint density at radius 3 is 2.83 bits per heavy atom. The number of hydrogen-bond donors (Lipinski definition) is 2. The second-order valence-electron chi connectivity index (χ2n) is 3.92. The first-order valence-corrected chi connectivity index (χ1v) is 6.86. The van der Waals surface area contributed by atoms with Gasteiger partial charge in [0, 0.05) is 4.47 Å². The van der Waals surface area contributed by atoms with E-state index in [-0.39, 0.29) is 11.9 Å². The van der Waals surface area contributed by atoms with Gasteiger partial charge < -0.3 is 0 Å². The molecule has 18 heavy (non-hydrogen) atoms. The third-order valence-electron chi connectivity index (χ3n) is 2.57. The van der Waals surface area contributed by atoms with Crippen LogP contribution in [0.15, 0.2) is 22.7 Å². The summed E-state index contributed by atoms with van der Waals surface area (Å²) in [5, 5.41) is 3.95. The zero-order valence-electron chi connectivity index (χ0n) is 9.65. The van der Waals surface area contributed by atoms with Crippen LogP contribution in [0.4, 0.5) is 4.39 Å². The maximum absolute atomic E-state index is 13.3. The highest BCUT2D eigenvalue weighted by Gasteiger charge is 2.17. The average Bonchev–Trinajstić information content (AvgIpc) is 2.71. The summed E-state index contributed by atoms with van der Waals surface area (Å²) in [5.41, 5.74) is 4.43. The number of nitrogens with one attached hydrogen (secondary N) is 1. The molecule has 2 rings (SSSR count). The molecular weight excluding hydrogens is 319 g/mol. The van der Waals surface area contributed by atoms with E-state index in [1.54, 1.807) is 0 Å². The van der Waals surface area contributed by atoms with Crippen molar-refractivity contribution in [3.63, 3.8) is 0 Å². The van der Waals surface area contributed by atoms with Crippen molar-refractivity contribution in [3.8, 4) is 0 Å². The van der Waals surface area contributed by atoms with Gasteiger partial charge in [0.2, 0.25) is 0 Å². The Balaban J connectivity index is 2.23. The van der Waals surface area contributed by atoms with Crippen molar-refractivity contribution >= 4 is 27.5 Å². The lowest BCUT2D eigenvalue weighted by Gasteiger charge is -2.14. The second kappa shape index (κ2) is 5.83. The topological polar surface area (TPSA) is 63.8 Å². The van der Waals surface area contributed by atoms with Gasteiger partial charge in [-0.2, -0.15) is 0 Å². The van der Waals surface area contributed by atoms with Gasteiger partial charge in [-0.05, 0) is 48.6 Å². The summed E-state index contributed by atoms with van der Waals surface area (Å²) in [4.78, 5) is 0.970. The summed E-state index contributed by atoms with van der Waals surface area (Å²) in [5.74, 6) is 5.28. The molecule has 96 valence electrons. The molecule has 2 aromatic rings. The number of benzene rings is 1. The zero-order chi connectivity index (χ0) is 13.1. The van der Waals surface area contributed by atoms with E-state index in [4.69, 9.17) is 5.84 Å².